The second kappa shape index (κ2) is 6.98. The van der Waals surface area contributed by atoms with Crippen LogP contribution in [0.3, 0.4) is 0 Å². The van der Waals surface area contributed by atoms with Crippen LogP contribution in [0, 0.1) is 0 Å². The molecule has 1 aromatic carbocycles. The summed E-state index contributed by atoms with van der Waals surface area (Å²) in [6.07, 6.45) is 0.676. The van der Waals surface area contributed by atoms with Gasteiger partial charge in [-0.1, -0.05) is 18.2 Å². The van der Waals surface area contributed by atoms with Crippen molar-refractivity contribution >= 4 is 5.97 Å². The predicted octanol–water partition coefficient (Wildman–Crippen LogP) is 0.991. The number of ether oxygens (including phenoxy) is 2. The summed E-state index contributed by atoms with van der Waals surface area (Å²) in [4.78, 5) is 11.7. The number of rotatable bonds is 6. The van der Waals surface area contributed by atoms with E-state index in [-0.39, 0.29) is 12.6 Å². The summed E-state index contributed by atoms with van der Waals surface area (Å²) in [6, 6.07) is 7.34. The van der Waals surface area contributed by atoms with Gasteiger partial charge in [-0.3, -0.25) is 0 Å². The predicted molar refractivity (Wildman–Crippen MR) is 61.4 cm³/mol. The Morgan fingerprint density at radius 3 is 2.75 bits per heavy atom. The Kier molecular flexibility index (Phi) is 5.53. The van der Waals surface area contributed by atoms with E-state index in [4.69, 9.17) is 15.2 Å². The van der Waals surface area contributed by atoms with Crippen LogP contribution in [-0.2, 0) is 15.9 Å². The lowest BCUT2D eigenvalue weighted by molar-refractivity contribution is 0.0387. The average Bonchev–Trinajstić information content (AvgIpc) is 2.30. The molecule has 0 spiro atoms. The van der Waals surface area contributed by atoms with Crippen molar-refractivity contribution < 1.29 is 14.3 Å². The van der Waals surface area contributed by atoms with E-state index in [0.29, 0.717) is 25.1 Å². The maximum absolute atomic E-state index is 11.7. The first-order valence-corrected chi connectivity index (χ1v) is 5.23. The molecule has 1 rings (SSSR count). The van der Waals surface area contributed by atoms with Crippen LogP contribution in [0.5, 0.6) is 0 Å². The van der Waals surface area contributed by atoms with Gasteiger partial charge in [-0.15, -0.1) is 0 Å². The van der Waals surface area contributed by atoms with E-state index < -0.39 is 0 Å². The summed E-state index contributed by atoms with van der Waals surface area (Å²) in [6.45, 7) is 1.19. The summed E-state index contributed by atoms with van der Waals surface area (Å²) in [5.41, 5.74) is 6.99. The monoisotopic (exact) mass is 223 g/mol. The van der Waals surface area contributed by atoms with Gasteiger partial charge in [-0.2, -0.15) is 0 Å². The molecule has 0 amide bonds. The summed E-state index contributed by atoms with van der Waals surface area (Å²) >= 11 is 0. The van der Waals surface area contributed by atoms with Crippen molar-refractivity contribution in [2.45, 2.75) is 6.42 Å². The van der Waals surface area contributed by atoms with Crippen LogP contribution in [-0.4, -0.2) is 32.8 Å². The minimum atomic E-state index is -0.318. The highest BCUT2D eigenvalue weighted by atomic mass is 16.6. The van der Waals surface area contributed by atoms with Crippen LogP contribution in [0.4, 0.5) is 0 Å². The zero-order valence-electron chi connectivity index (χ0n) is 9.44. The van der Waals surface area contributed by atoms with Gasteiger partial charge in [0.25, 0.3) is 0 Å². The molecule has 4 nitrogen and oxygen atoms in total. The molecule has 0 aliphatic heterocycles. The molecule has 0 saturated carbocycles. The molecule has 0 radical (unpaired) electrons. The smallest absolute Gasteiger partial charge is 0.338 e. The normalized spacial score (nSPS) is 10.1. The third kappa shape index (κ3) is 3.64. The zero-order chi connectivity index (χ0) is 11.8. The molecule has 2 N–H and O–H groups in total. The molecule has 4 heteroatoms. The molecule has 1 aromatic rings. The number of nitrogens with two attached hydrogens (primary N) is 1. The molecule has 88 valence electrons. The van der Waals surface area contributed by atoms with Crippen LogP contribution < -0.4 is 5.73 Å². The summed E-state index contributed by atoms with van der Waals surface area (Å²) in [5.74, 6) is -0.318. The van der Waals surface area contributed by atoms with Crippen molar-refractivity contribution in [2.75, 3.05) is 26.9 Å². The first-order chi connectivity index (χ1) is 7.79. The lowest BCUT2D eigenvalue weighted by Gasteiger charge is -2.08. The number of benzene rings is 1. The van der Waals surface area contributed by atoms with Crippen molar-refractivity contribution in [3.63, 3.8) is 0 Å². The maximum Gasteiger partial charge on any atom is 0.338 e. The number of carbonyl (C=O) groups excluding carboxylic acids is 1. The molecule has 16 heavy (non-hydrogen) atoms. The van der Waals surface area contributed by atoms with E-state index >= 15 is 0 Å². The van der Waals surface area contributed by atoms with Crippen LogP contribution in [0.15, 0.2) is 24.3 Å². The molecule has 0 fully saturated rings. The molecule has 0 aliphatic rings. The topological polar surface area (TPSA) is 61.5 Å². The maximum atomic E-state index is 11.7. The number of hydrogen-bond acceptors (Lipinski definition) is 4. The highest BCUT2D eigenvalue weighted by Crippen LogP contribution is 2.10. The lowest BCUT2D eigenvalue weighted by atomic mass is 10.1. The van der Waals surface area contributed by atoms with Gasteiger partial charge in [0, 0.05) is 7.11 Å². The minimum absolute atomic E-state index is 0.270. The Labute approximate surface area is 95.3 Å². The van der Waals surface area contributed by atoms with Crippen molar-refractivity contribution in [3.05, 3.63) is 35.4 Å². The Bertz CT molecular complexity index is 339. The van der Waals surface area contributed by atoms with E-state index in [9.17, 15) is 4.79 Å². The molecular formula is C12H17NO3. The first-order valence-electron chi connectivity index (χ1n) is 5.23. The molecule has 0 bridgehead atoms. The molecule has 0 saturated heterocycles. The quantitative estimate of drug-likeness (QED) is 0.577. The lowest BCUT2D eigenvalue weighted by Crippen LogP contribution is -2.13. The molecule has 0 aromatic heterocycles. The van der Waals surface area contributed by atoms with Crippen molar-refractivity contribution in [3.8, 4) is 0 Å². The Balaban J connectivity index is 2.66. The third-order valence-corrected chi connectivity index (χ3v) is 2.17. The number of carbonyl (C=O) groups is 1. The van der Waals surface area contributed by atoms with Crippen LogP contribution in [0.2, 0.25) is 0 Å². The highest BCUT2D eigenvalue weighted by molar-refractivity contribution is 5.91. The molecule has 0 unspecified atom stereocenters. The Morgan fingerprint density at radius 2 is 2.06 bits per heavy atom. The minimum Gasteiger partial charge on any atom is -0.460 e. The fraction of sp³-hybridized carbons (Fsp3) is 0.417. The van der Waals surface area contributed by atoms with E-state index in [0.717, 1.165) is 5.56 Å². The van der Waals surface area contributed by atoms with E-state index in [1.807, 2.05) is 18.2 Å². The van der Waals surface area contributed by atoms with E-state index in [1.54, 1.807) is 13.2 Å². The molecule has 0 aliphatic carbocycles. The van der Waals surface area contributed by atoms with Gasteiger partial charge >= 0.3 is 5.97 Å². The largest absolute Gasteiger partial charge is 0.460 e. The highest BCUT2D eigenvalue weighted by Gasteiger charge is 2.11. The third-order valence-electron chi connectivity index (χ3n) is 2.17. The van der Waals surface area contributed by atoms with Crippen LogP contribution in [0.25, 0.3) is 0 Å². The number of esters is 1. The van der Waals surface area contributed by atoms with Gasteiger partial charge in [0.05, 0.1) is 12.2 Å². The molecular weight excluding hydrogens is 206 g/mol. The van der Waals surface area contributed by atoms with Gasteiger partial charge < -0.3 is 15.2 Å². The summed E-state index contributed by atoms with van der Waals surface area (Å²) < 4.78 is 9.86. The van der Waals surface area contributed by atoms with Crippen molar-refractivity contribution in [1.29, 1.82) is 0 Å². The van der Waals surface area contributed by atoms with Gasteiger partial charge in [0.2, 0.25) is 0 Å². The van der Waals surface area contributed by atoms with Crippen molar-refractivity contribution in [2.24, 2.45) is 5.73 Å². The van der Waals surface area contributed by atoms with Crippen molar-refractivity contribution in [1.82, 2.24) is 0 Å². The van der Waals surface area contributed by atoms with E-state index in [1.165, 1.54) is 0 Å². The van der Waals surface area contributed by atoms with E-state index in [2.05, 4.69) is 0 Å². The summed E-state index contributed by atoms with van der Waals surface area (Å²) in [5, 5.41) is 0. The molecule has 0 heterocycles. The average molecular weight is 223 g/mol. The van der Waals surface area contributed by atoms with Gasteiger partial charge in [-0.25, -0.2) is 4.79 Å². The Hall–Kier alpha value is -1.39. The number of methoxy groups -OCH3 is 1. The standard InChI is InChI=1S/C12H17NO3/c1-15-8-9-16-12(14)11-5-3-2-4-10(11)6-7-13/h2-5H,6-9,13H2,1H3. The van der Waals surface area contributed by atoms with Gasteiger partial charge in [0.15, 0.2) is 0 Å². The zero-order valence-corrected chi connectivity index (χ0v) is 9.44. The SMILES string of the molecule is COCCOC(=O)c1ccccc1CCN. The second-order valence-corrected chi connectivity index (χ2v) is 3.32. The number of hydrogen-bond donors (Lipinski definition) is 1. The van der Waals surface area contributed by atoms with Gasteiger partial charge in [0.1, 0.15) is 6.61 Å². The van der Waals surface area contributed by atoms with Crippen LogP contribution in [0.1, 0.15) is 15.9 Å². The summed E-state index contributed by atoms with van der Waals surface area (Å²) in [7, 11) is 1.57. The van der Waals surface area contributed by atoms with Crippen LogP contribution >= 0.6 is 0 Å². The molecule has 0 atom stereocenters. The second-order valence-electron chi connectivity index (χ2n) is 3.32. The Morgan fingerprint density at radius 1 is 1.31 bits per heavy atom. The first kappa shape index (κ1) is 12.7. The fourth-order valence-electron chi connectivity index (χ4n) is 1.39. The van der Waals surface area contributed by atoms with Gasteiger partial charge in [-0.05, 0) is 24.6 Å². The fourth-order valence-corrected chi connectivity index (χ4v) is 1.39.